The minimum Gasteiger partial charge on any atom is -0.347 e. The number of hydrogen-bond donors (Lipinski definition) is 0. The third-order valence-electron chi connectivity index (χ3n) is 5.62. The predicted molar refractivity (Wildman–Crippen MR) is 76.7 cm³/mol. The molecule has 1 amide bonds. The number of alkyl halides is 1. The van der Waals surface area contributed by atoms with E-state index in [1.165, 1.54) is 6.42 Å². The Morgan fingerprint density at radius 2 is 2.05 bits per heavy atom. The van der Waals surface area contributed by atoms with Crippen molar-refractivity contribution in [3.8, 4) is 0 Å². The summed E-state index contributed by atoms with van der Waals surface area (Å²) in [5.41, 5.74) is 0.237. The molecule has 0 aromatic carbocycles. The van der Waals surface area contributed by atoms with Crippen molar-refractivity contribution in [3.63, 3.8) is 0 Å². The number of piperidine rings is 1. The van der Waals surface area contributed by atoms with Crippen molar-refractivity contribution in [2.75, 3.05) is 25.6 Å². The SMILES string of the molecule is CC[C@]12CCCN(C(=O)CCl)[C@H]1CC1(CC2)OCCO1. The van der Waals surface area contributed by atoms with Gasteiger partial charge in [-0.15, -0.1) is 11.6 Å². The zero-order chi connectivity index (χ0) is 14.2. The average molecular weight is 302 g/mol. The van der Waals surface area contributed by atoms with Gasteiger partial charge in [-0.25, -0.2) is 0 Å². The molecule has 3 fully saturated rings. The second-order valence-corrected chi connectivity index (χ2v) is 6.64. The lowest BCUT2D eigenvalue weighted by molar-refractivity contribution is -0.217. The maximum absolute atomic E-state index is 12.2. The van der Waals surface area contributed by atoms with Gasteiger partial charge in [-0.2, -0.15) is 0 Å². The monoisotopic (exact) mass is 301 g/mol. The molecule has 3 aliphatic rings. The summed E-state index contributed by atoms with van der Waals surface area (Å²) in [5, 5.41) is 0. The summed E-state index contributed by atoms with van der Waals surface area (Å²) < 4.78 is 11.8. The minimum atomic E-state index is -0.439. The molecule has 0 bridgehead atoms. The van der Waals surface area contributed by atoms with E-state index in [0.717, 1.165) is 38.6 Å². The van der Waals surface area contributed by atoms with E-state index < -0.39 is 5.79 Å². The Bertz CT molecular complexity index is 383. The number of likely N-dealkylation sites (tertiary alicyclic amines) is 1. The Kier molecular flexibility index (Phi) is 3.99. The molecular weight excluding hydrogens is 278 g/mol. The first-order valence-corrected chi connectivity index (χ1v) is 8.31. The molecule has 1 spiro atoms. The van der Waals surface area contributed by atoms with Crippen molar-refractivity contribution >= 4 is 17.5 Å². The van der Waals surface area contributed by atoms with Crippen LogP contribution in [0.25, 0.3) is 0 Å². The van der Waals surface area contributed by atoms with Crippen molar-refractivity contribution in [3.05, 3.63) is 0 Å². The standard InChI is InChI=1S/C15H24ClNO3/c1-2-14-4-3-7-17(13(18)11-16)12(14)10-15(6-5-14)19-8-9-20-15/h12H,2-11H2,1H3/t12-,14+/m0/s1. The van der Waals surface area contributed by atoms with Crippen LogP contribution in [0.5, 0.6) is 0 Å². The first-order valence-electron chi connectivity index (χ1n) is 7.78. The number of amides is 1. The third kappa shape index (κ3) is 2.26. The zero-order valence-electron chi connectivity index (χ0n) is 12.2. The largest absolute Gasteiger partial charge is 0.347 e. The molecule has 0 unspecified atom stereocenters. The summed E-state index contributed by atoms with van der Waals surface area (Å²) in [5.74, 6) is -0.305. The number of hydrogen-bond acceptors (Lipinski definition) is 3. The molecule has 0 aromatic heterocycles. The smallest absolute Gasteiger partial charge is 0.237 e. The molecule has 2 saturated heterocycles. The summed E-state index contributed by atoms with van der Waals surface area (Å²) in [6.07, 6.45) is 6.25. The van der Waals surface area contributed by atoms with Crippen LogP contribution in [0.3, 0.4) is 0 Å². The Balaban J connectivity index is 1.87. The van der Waals surface area contributed by atoms with Crippen molar-refractivity contribution in [1.29, 1.82) is 0 Å². The van der Waals surface area contributed by atoms with E-state index in [-0.39, 0.29) is 23.2 Å². The molecule has 2 atom stereocenters. The van der Waals surface area contributed by atoms with Crippen LogP contribution >= 0.6 is 11.6 Å². The Hall–Kier alpha value is -0.320. The normalized spacial score (nSPS) is 36.1. The fourth-order valence-corrected chi connectivity index (χ4v) is 4.59. The van der Waals surface area contributed by atoms with E-state index in [0.29, 0.717) is 13.2 Å². The van der Waals surface area contributed by atoms with Gasteiger partial charge in [-0.3, -0.25) is 4.79 Å². The van der Waals surface area contributed by atoms with E-state index in [2.05, 4.69) is 6.92 Å². The van der Waals surface area contributed by atoms with Gasteiger partial charge in [0.05, 0.1) is 13.2 Å². The Morgan fingerprint density at radius 1 is 1.30 bits per heavy atom. The summed E-state index contributed by atoms with van der Waals surface area (Å²) >= 11 is 5.80. The highest BCUT2D eigenvalue weighted by Crippen LogP contribution is 2.52. The van der Waals surface area contributed by atoms with Crippen LogP contribution in [0.4, 0.5) is 0 Å². The number of halogens is 1. The van der Waals surface area contributed by atoms with Gasteiger partial charge < -0.3 is 14.4 Å². The van der Waals surface area contributed by atoms with Crippen molar-refractivity contribution < 1.29 is 14.3 Å². The predicted octanol–water partition coefficient (Wildman–Crippen LogP) is 2.54. The molecule has 0 N–H and O–H groups in total. The molecule has 114 valence electrons. The maximum Gasteiger partial charge on any atom is 0.237 e. The molecule has 1 aliphatic carbocycles. The number of ether oxygens (including phenoxy) is 2. The van der Waals surface area contributed by atoms with Crippen molar-refractivity contribution in [2.45, 2.75) is 57.3 Å². The van der Waals surface area contributed by atoms with Gasteiger partial charge in [0.2, 0.25) is 5.91 Å². The van der Waals surface area contributed by atoms with Crippen LogP contribution < -0.4 is 0 Å². The number of carbonyl (C=O) groups excluding carboxylic acids is 1. The lowest BCUT2D eigenvalue weighted by Gasteiger charge is -2.56. The molecule has 3 rings (SSSR count). The fourth-order valence-electron chi connectivity index (χ4n) is 4.43. The van der Waals surface area contributed by atoms with Gasteiger partial charge in [-0.1, -0.05) is 6.92 Å². The van der Waals surface area contributed by atoms with Crippen molar-refractivity contribution in [1.82, 2.24) is 4.90 Å². The Labute approximate surface area is 125 Å². The van der Waals surface area contributed by atoms with Crippen molar-refractivity contribution in [2.24, 2.45) is 5.41 Å². The van der Waals surface area contributed by atoms with Crippen LogP contribution in [0, 0.1) is 5.41 Å². The summed E-state index contributed by atoms with van der Waals surface area (Å²) in [4.78, 5) is 14.2. The van der Waals surface area contributed by atoms with Gasteiger partial charge in [0.25, 0.3) is 0 Å². The summed E-state index contributed by atoms with van der Waals surface area (Å²) in [7, 11) is 0. The first kappa shape index (κ1) is 14.6. The number of rotatable bonds is 2. The highest BCUT2D eigenvalue weighted by atomic mass is 35.5. The minimum absolute atomic E-state index is 0.0595. The fraction of sp³-hybridized carbons (Fsp3) is 0.933. The summed E-state index contributed by atoms with van der Waals surface area (Å²) in [6.45, 7) is 4.43. The molecule has 0 aromatic rings. The maximum atomic E-state index is 12.2. The Morgan fingerprint density at radius 3 is 2.70 bits per heavy atom. The molecule has 4 nitrogen and oxygen atoms in total. The van der Waals surface area contributed by atoms with E-state index in [1.54, 1.807) is 0 Å². The first-order chi connectivity index (χ1) is 9.65. The number of carbonyl (C=O) groups is 1. The van der Waals surface area contributed by atoms with Gasteiger partial charge in [0.1, 0.15) is 5.88 Å². The van der Waals surface area contributed by atoms with Gasteiger partial charge in [-0.05, 0) is 31.1 Å². The lowest BCUT2D eigenvalue weighted by Crippen LogP contribution is -2.60. The highest BCUT2D eigenvalue weighted by Gasteiger charge is 2.54. The van der Waals surface area contributed by atoms with Crippen LogP contribution in [0.1, 0.15) is 45.4 Å². The third-order valence-corrected chi connectivity index (χ3v) is 5.85. The topological polar surface area (TPSA) is 38.8 Å². The van der Waals surface area contributed by atoms with Crippen LogP contribution in [0.2, 0.25) is 0 Å². The average Bonchev–Trinajstić information content (AvgIpc) is 2.94. The van der Waals surface area contributed by atoms with Gasteiger partial charge in [0, 0.05) is 25.4 Å². The molecule has 1 saturated carbocycles. The molecule has 0 radical (unpaired) electrons. The molecule has 20 heavy (non-hydrogen) atoms. The van der Waals surface area contributed by atoms with Crippen LogP contribution in [-0.4, -0.2) is 48.3 Å². The van der Waals surface area contributed by atoms with Gasteiger partial charge >= 0.3 is 0 Å². The van der Waals surface area contributed by atoms with Crippen LogP contribution in [-0.2, 0) is 14.3 Å². The van der Waals surface area contributed by atoms with E-state index in [9.17, 15) is 4.79 Å². The molecular formula is C15H24ClNO3. The summed E-state index contributed by atoms with van der Waals surface area (Å²) in [6, 6.07) is 0.222. The van der Waals surface area contributed by atoms with E-state index in [4.69, 9.17) is 21.1 Å². The quantitative estimate of drug-likeness (QED) is 0.736. The second kappa shape index (κ2) is 5.47. The number of nitrogens with zero attached hydrogens (tertiary/aromatic N) is 1. The molecule has 2 heterocycles. The zero-order valence-corrected chi connectivity index (χ0v) is 13.0. The number of fused-ring (bicyclic) bond motifs is 1. The van der Waals surface area contributed by atoms with E-state index >= 15 is 0 Å². The molecule has 2 aliphatic heterocycles. The van der Waals surface area contributed by atoms with Crippen LogP contribution in [0.15, 0.2) is 0 Å². The highest BCUT2D eigenvalue weighted by molar-refractivity contribution is 6.27. The second-order valence-electron chi connectivity index (χ2n) is 6.37. The van der Waals surface area contributed by atoms with E-state index in [1.807, 2.05) is 4.90 Å². The lowest BCUT2D eigenvalue weighted by atomic mass is 9.62. The van der Waals surface area contributed by atoms with Gasteiger partial charge in [0.15, 0.2) is 5.79 Å². The molecule has 5 heteroatoms.